The van der Waals surface area contributed by atoms with E-state index in [4.69, 9.17) is 4.55 Å². The van der Waals surface area contributed by atoms with Gasteiger partial charge in [-0.15, -0.1) is 0 Å². The van der Waals surface area contributed by atoms with E-state index in [1.807, 2.05) is 44.2 Å². The first-order chi connectivity index (χ1) is 8.72. The molecule has 0 fully saturated rings. The van der Waals surface area contributed by atoms with E-state index in [0.717, 1.165) is 5.56 Å². The minimum absolute atomic E-state index is 0.280. The summed E-state index contributed by atoms with van der Waals surface area (Å²) < 4.78 is 29.8. The first-order valence-electron chi connectivity index (χ1n) is 6.15. The van der Waals surface area contributed by atoms with Gasteiger partial charge in [-0.3, -0.25) is 4.55 Å². The summed E-state index contributed by atoms with van der Waals surface area (Å²) in [6.45, 7) is 4.09. The van der Waals surface area contributed by atoms with Crippen molar-refractivity contribution in [1.29, 1.82) is 0 Å². The van der Waals surface area contributed by atoms with Crippen LogP contribution < -0.4 is 5.32 Å². The van der Waals surface area contributed by atoms with Gasteiger partial charge in [0.2, 0.25) is 0 Å². The molecule has 1 atom stereocenters. The smallest absolute Gasteiger partial charge is 0.264 e. The lowest BCUT2D eigenvalue weighted by molar-refractivity contribution is 0.0806. The molecule has 0 bridgehead atoms. The second kappa shape index (κ2) is 6.47. The molecular weight excluding hydrogens is 266 g/mol. The van der Waals surface area contributed by atoms with Crippen molar-refractivity contribution >= 4 is 10.1 Å². The summed E-state index contributed by atoms with van der Waals surface area (Å²) >= 11 is 0. The van der Waals surface area contributed by atoms with Crippen LogP contribution in [0.5, 0.6) is 0 Å². The lowest BCUT2D eigenvalue weighted by atomic mass is 9.91. The summed E-state index contributed by atoms with van der Waals surface area (Å²) in [6.07, 6.45) is -0.400. The van der Waals surface area contributed by atoms with E-state index >= 15 is 0 Å². The largest absolute Gasteiger partial charge is 0.387 e. The topological polar surface area (TPSA) is 86.6 Å². The van der Waals surface area contributed by atoms with Crippen molar-refractivity contribution in [3.8, 4) is 0 Å². The highest BCUT2D eigenvalue weighted by molar-refractivity contribution is 7.85. The zero-order chi connectivity index (χ0) is 14.5. The van der Waals surface area contributed by atoms with Crippen molar-refractivity contribution < 1.29 is 18.1 Å². The molecule has 1 aromatic rings. The third-order valence-corrected chi connectivity index (χ3v) is 3.76. The highest BCUT2D eigenvalue weighted by atomic mass is 32.2. The van der Waals surface area contributed by atoms with E-state index in [1.165, 1.54) is 0 Å². The Labute approximate surface area is 114 Å². The number of aliphatic hydroxyl groups is 1. The van der Waals surface area contributed by atoms with Gasteiger partial charge >= 0.3 is 0 Å². The van der Waals surface area contributed by atoms with Crippen molar-refractivity contribution in [1.82, 2.24) is 5.32 Å². The molecule has 0 saturated carbocycles. The predicted molar refractivity (Wildman–Crippen MR) is 74.5 cm³/mol. The van der Waals surface area contributed by atoms with E-state index in [-0.39, 0.29) is 5.75 Å². The van der Waals surface area contributed by atoms with Gasteiger partial charge < -0.3 is 10.4 Å². The van der Waals surface area contributed by atoms with Crippen molar-refractivity contribution in [3.05, 3.63) is 35.9 Å². The quantitative estimate of drug-likeness (QED) is 0.521. The molecule has 0 amide bonds. The summed E-state index contributed by atoms with van der Waals surface area (Å²) in [6, 6.07) is 9.27. The molecule has 108 valence electrons. The lowest BCUT2D eigenvalue weighted by Gasteiger charge is -2.32. The number of rotatable bonds is 7. The molecule has 1 aromatic carbocycles. The molecular formula is C13H21NO4S. The molecule has 19 heavy (non-hydrogen) atoms. The highest BCUT2D eigenvalue weighted by Crippen LogP contribution is 2.24. The van der Waals surface area contributed by atoms with E-state index in [0.29, 0.717) is 13.0 Å². The maximum Gasteiger partial charge on any atom is 0.264 e. The molecule has 5 nitrogen and oxygen atoms in total. The Hall–Kier alpha value is -0.950. The summed E-state index contributed by atoms with van der Waals surface area (Å²) in [5.74, 6) is -0.280. The first-order valence-corrected chi connectivity index (χ1v) is 7.76. The number of aliphatic hydroxyl groups excluding tert-OH is 1. The van der Waals surface area contributed by atoms with Gasteiger partial charge in [-0.05, 0) is 32.4 Å². The van der Waals surface area contributed by atoms with Crippen LogP contribution in [0.4, 0.5) is 0 Å². The van der Waals surface area contributed by atoms with Crippen LogP contribution in [0, 0.1) is 0 Å². The van der Waals surface area contributed by atoms with E-state index in [9.17, 15) is 13.5 Å². The van der Waals surface area contributed by atoms with Crippen molar-refractivity contribution in [2.24, 2.45) is 0 Å². The number of hydrogen-bond donors (Lipinski definition) is 3. The molecule has 1 rings (SSSR count). The van der Waals surface area contributed by atoms with Gasteiger partial charge in [-0.1, -0.05) is 30.3 Å². The number of nitrogens with one attached hydrogen (secondary N) is 1. The Morgan fingerprint density at radius 1 is 1.26 bits per heavy atom. The normalized spacial score (nSPS) is 14.3. The molecule has 1 unspecified atom stereocenters. The van der Waals surface area contributed by atoms with Crippen LogP contribution in [0.15, 0.2) is 30.3 Å². The fourth-order valence-corrected chi connectivity index (χ4v) is 2.32. The first kappa shape index (κ1) is 16.1. The van der Waals surface area contributed by atoms with Crippen LogP contribution in [0.2, 0.25) is 0 Å². The van der Waals surface area contributed by atoms with Gasteiger partial charge in [0.25, 0.3) is 10.1 Å². The maximum atomic E-state index is 10.6. The van der Waals surface area contributed by atoms with Crippen LogP contribution in [0.1, 0.15) is 31.9 Å². The Morgan fingerprint density at radius 2 is 1.84 bits per heavy atom. The summed E-state index contributed by atoms with van der Waals surface area (Å²) in [5.41, 5.74) is 0.218. The van der Waals surface area contributed by atoms with Crippen LogP contribution in [0.25, 0.3) is 0 Å². The van der Waals surface area contributed by atoms with Gasteiger partial charge in [-0.25, -0.2) is 0 Å². The Morgan fingerprint density at radius 3 is 2.37 bits per heavy atom. The third-order valence-electron chi connectivity index (χ3n) is 2.96. The molecule has 0 aromatic heterocycles. The second-order valence-corrected chi connectivity index (χ2v) is 6.67. The van der Waals surface area contributed by atoms with Gasteiger partial charge in [-0.2, -0.15) is 8.42 Å². The standard InChI is InChI=1S/C13H21NO4S/c1-13(2,14-9-6-10-19(16,17)18)12(15)11-7-4-3-5-8-11/h3-5,7-8,12,14-15H,6,9-10H2,1-2H3,(H,16,17,18). The minimum Gasteiger partial charge on any atom is -0.387 e. The molecule has 0 aliphatic rings. The minimum atomic E-state index is -3.92. The predicted octanol–water partition coefficient (Wildman–Crippen LogP) is 1.37. The van der Waals surface area contributed by atoms with Gasteiger partial charge in [0, 0.05) is 5.54 Å². The average Bonchev–Trinajstić information content (AvgIpc) is 2.34. The van der Waals surface area contributed by atoms with Crippen molar-refractivity contribution in [2.75, 3.05) is 12.3 Å². The molecule has 0 heterocycles. The van der Waals surface area contributed by atoms with E-state index < -0.39 is 21.8 Å². The average molecular weight is 287 g/mol. The Balaban J connectivity index is 2.51. The summed E-state index contributed by atoms with van der Waals surface area (Å²) in [4.78, 5) is 0. The van der Waals surface area contributed by atoms with E-state index in [2.05, 4.69) is 5.32 Å². The fraction of sp³-hybridized carbons (Fsp3) is 0.538. The monoisotopic (exact) mass is 287 g/mol. The Bertz CT molecular complexity index is 485. The molecule has 3 N–H and O–H groups in total. The lowest BCUT2D eigenvalue weighted by Crippen LogP contribution is -2.45. The SMILES string of the molecule is CC(C)(NCCCS(=O)(=O)O)C(O)c1ccccc1. The zero-order valence-electron chi connectivity index (χ0n) is 11.2. The molecule has 0 aliphatic carbocycles. The summed E-state index contributed by atoms with van der Waals surface area (Å²) in [7, 11) is -3.92. The van der Waals surface area contributed by atoms with Gasteiger partial charge in [0.05, 0.1) is 11.9 Å². The molecule has 0 saturated heterocycles. The fourth-order valence-electron chi connectivity index (χ4n) is 1.81. The number of benzene rings is 1. The van der Waals surface area contributed by atoms with Gasteiger partial charge in [0.1, 0.15) is 0 Å². The second-order valence-electron chi connectivity index (χ2n) is 5.10. The number of hydrogen-bond acceptors (Lipinski definition) is 4. The summed E-state index contributed by atoms with van der Waals surface area (Å²) in [5, 5.41) is 13.4. The molecule has 6 heteroatoms. The van der Waals surface area contributed by atoms with Crippen molar-refractivity contribution in [2.45, 2.75) is 31.9 Å². The molecule has 0 radical (unpaired) electrons. The van der Waals surface area contributed by atoms with E-state index in [1.54, 1.807) is 0 Å². The molecule has 0 aliphatic heterocycles. The molecule has 0 spiro atoms. The van der Waals surface area contributed by atoms with Crippen LogP contribution in [0.3, 0.4) is 0 Å². The maximum absolute atomic E-state index is 10.6. The van der Waals surface area contributed by atoms with Crippen LogP contribution >= 0.6 is 0 Å². The highest BCUT2D eigenvalue weighted by Gasteiger charge is 2.28. The Kier molecular flexibility index (Phi) is 5.49. The third kappa shape index (κ3) is 5.69. The van der Waals surface area contributed by atoms with Crippen LogP contribution in [-0.2, 0) is 10.1 Å². The van der Waals surface area contributed by atoms with Crippen molar-refractivity contribution in [3.63, 3.8) is 0 Å². The van der Waals surface area contributed by atoms with Gasteiger partial charge in [0.15, 0.2) is 0 Å². The van der Waals surface area contributed by atoms with Crippen LogP contribution in [-0.4, -0.2) is 35.9 Å². The zero-order valence-corrected chi connectivity index (χ0v) is 12.0.